The van der Waals surface area contributed by atoms with Crippen molar-refractivity contribution in [1.82, 2.24) is 9.80 Å². The lowest BCUT2D eigenvalue weighted by molar-refractivity contribution is -0.262. The topological polar surface area (TPSA) is 64.1 Å². The summed E-state index contributed by atoms with van der Waals surface area (Å²) in [6.45, 7) is 6.03. The van der Waals surface area contributed by atoms with E-state index in [4.69, 9.17) is 0 Å². The second kappa shape index (κ2) is 12.4. The second-order valence-corrected chi connectivity index (χ2v) is 11.9. The molecule has 0 radical (unpaired) electrons. The summed E-state index contributed by atoms with van der Waals surface area (Å²) in [5, 5.41) is 10.8. The van der Waals surface area contributed by atoms with E-state index in [1.165, 1.54) is 23.1 Å². The number of carbonyl (C=O) groups is 2. The highest BCUT2D eigenvalue weighted by Crippen LogP contribution is 2.42. The highest BCUT2D eigenvalue weighted by molar-refractivity contribution is 5.95. The van der Waals surface area contributed by atoms with Crippen molar-refractivity contribution in [1.29, 1.82) is 0 Å². The van der Waals surface area contributed by atoms with Gasteiger partial charge in [0, 0.05) is 57.1 Å². The van der Waals surface area contributed by atoms with Crippen molar-refractivity contribution >= 4 is 17.5 Å². The summed E-state index contributed by atoms with van der Waals surface area (Å²) in [5.74, 6) is -0.414. The first-order valence-electron chi connectivity index (χ1n) is 14.6. The van der Waals surface area contributed by atoms with Crippen LogP contribution in [-0.2, 0) is 16.8 Å². The highest BCUT2D eigenvalue weighted by Gasteiger charge is 2.62. The Hall–Kier alpha value is -3.07. The second-order valence-electron chi connectivity index (χ2n) is 11.9. The van der Waals surface area contributed by atoms with Gasteiger partial charge in [-0.1, -0.05) is 31.2 Å². The smallest absolute Gasteiger partial charge is 0.372 e. The zero-order valence-corrected chi connectivity index (χ0v) is 24.5. The number of anilines is 1. The predicted molar refractivity (Wildman–Crippen MR) is 154 cm³/mol. The molecule has 0 bridgehead atoms. The number of amides is 2. The molecule has 0 aliphatic carbocycles. The molecule has 2 heterocycles. The number of benzene rings is 2. The van der Waals surface area contributed by atoms with Crippen molar-refractivity contribution in [3.63, 3.8) is 0 Å². The predicted octanol–water partition coefficient (Wildman–Crippen LogP) is 5.55. The van der Waals surface area contributed by atoms with Crippen LogP contribution in [-0.4, -0.2) is 73.2 Å². The number of hydrogen-bond acceptors (Lipinski definition) is 4. The molecule has 224 valence electrons. The van der Waals surface area contributed by atoms with Gasteiger partial charge in [-0.15, -0.1) is 0 Å². The first kappa shape index (κ1) is 30.9. The molecule has 0 spiro atoms. The fourth-order valence-corrected chi connectivity index (χ4v) is 6.25. The molecule has 0 aromatic heterocycles. The zero-order chi connectivity index (χ0) is 29.9. The number of hydrogen-bond donors (Lipinski definition) is 1. The molecule has 6 nitrogen and oxygen atoms in total. The van der Waals surface area contributed by atoms with E-state index in [-0.39, 0.29) is 19.0 Å². The minimum absolute atomic E-state index is 0.00529. The lowest BCUT2D eigenvalue weighted by atomic mass is 9.82. The number of likely N-dealkylation sites (tertiary alicyclic amines) is 1. The van der Waals surface area contributed by atoms with E-state index in [2.05, 4.69) is 11.0 Å². The number of alkyl halides is 3. The van der Waals surface area contributed by atoms with Crippen LogP contribution in [0.5, 0.6) is 0 Å². The number of carbonyl (C=O) groups excluding carboxylic acids is 2. The van der Waals surface area contributed by atoms with Gasteiger partial charge >= 0.3 is 6.18 Å². The number of rotatable bonds is 7. The Kier molecular flexibility index (Phi) is 9.36. The van der Waals surface area contributed by atoms with Crippen LogP contribution >= 0.6 is 0 Å². The first-order chi connectivity index (χ1) is 19.3. The lowest BCUT2D eigenvalue weighted by Gasteiger charge is -2.40. The maximum absolute atomic E-state index is 14.2. The Morgan fingerprint density at radius 2 is 1.56 bits per heavy atom. The molecule has 1 N–H and O–H groups in total. The number of piperidine rings is 2. The molecular formula is C32H42F3N3O3. The lowest BCUT2D eigenvalue weighted by Crippen LogP contribution is -2.57. The van der Waals surface area contributed by atoms with Crippen LogP contribution in [0.15, 0.2) is 42.5 Å². The molecule has 2 aromatic carbocycles. The summed E-state index contributed by atoms with van der Waals surface area (Å²) in [5.41, 5.74) is -0.549. The molecule has 2 aromatic rings. The Morgan fingerprint density at radius 3 is 2.10 bits per heavy atom. The third-order valence-electron chi connectivity index (χ3n) is 8.87. The van der Waals surface area contributed by atoms with E-state index >= 15 is 0 Å². The van der Waals surface area contributed by atoms with Crippen molar-refractivity contribution in [3.05, 3.63) is 64.7 Å². The maximum atomic E-state index is 14.2. The molecule has 2 aliphatic rings. The molecule has 2 saturated heterocycles. The van der Waals surface area contributed by atoms with Gasteiger partial charge < -0.3 is 19.8 Å². The maximum Gasteiger partial charge on any atom is 0.430 e. The summed E-state index contributed by atoms with van der Waals surface area (Å²) in [6, 6.07) is 11.6. The standard InChI is InChI=1S/C32H42F3N3O3/c1-5-23-7-6-8-26(21-23)31(41,32(33,34)35)30(40)38-17-13-25(14-18-38)20-24-11-15-37(16-12-24)27-9-10-28(22(2)19-27)29(39)36(3)4/h6-10,19,21,24-25,41H,5,11-18,20H2,1-4H3/t31-/m1/s1. The van der Waals surface area contributed by atoms with Crippen LogP contribution in [0.1, 0.15) is 66.1 Å². The Labute approximate surface area is 241 Å². The van der Waals surface area contributed by atoms with E-state index in [9.17, 15) is 27.9 Å². The van der Waals surface area contributed by atoms with Crippen molar-refractivity contribution in [3.8, 4) is 0 Å². The fraction of sp³-hybridized carbons (Fsp3) is 0.562. The monoisotopic (exact) mass is 573 g/mol. The van der Waals surface area contributed by atoms with E-state index in [1.54, 1.807) is 25.1 Å². The van der Waals surface area contributed by atoms with Gasteiger partial charge in [0.2, 0.25) is 0 Å². The SMILES string of the molecule is CCc1cccc([C@@](O)(C(=O)N2CCC(CC3CCN(c4ccc(C(=O)N(C)C)c(C)c4)CC3)CC2)C(F)(F)F)c1. The molecule has 2 fully saturated rings. The van der Waals surface area contributed by atoms with Gasteiger partial charge in [0.15, 0.2) is 0 Å². The summed E-state index contributed by atoms with van der Waals surface area (Å²) in [4.78, 5) is 30.7. The van der Waals surface area contributed by atoms with Gasteiger partial charge in [0.05, 0.1) is 0 Å². The molecule has 41 heavy (non-hydrogen) atoms. The number of aryl methyl sites for hydroxylation is 2. The van der Waals surface area contributed by atoms with Gasteiger partial charge in [-0.3, -0.25) is 9.59 Å². The van der Waals surface area contributed by atoms with Gasteiger partial charge in [0.25, 0.3) is 17.4 Å². The molecule has 1 atom stereocenters. The van der Waals surface area contributed by atoms with Crippen LogP contribution in [0.2, 0.25) is 0 Å². The third-order valence-corrected chi connectivity index (χ3v) is 8.87. The van der Waals surface area contributed by atoms with Gasteiger partial charge in [0.1, 0.15) is 0 Å². The Balaban J connectivity index is 1.31. The number of halogens is 3. The quantitative estimate of drug-likeness (QED) is 0.472. The Bertz CT molecular complexity index is 1230. The van der Waals surface area contributed by atoms with Crippen molar-refractivity contribution in [2.75, 3.05) is 45.2 Å². The first-order valence-corrected chi connectivity index (χ1v) is 14.6. The minimum atomic E-state index is -5.12. The molecule has 0 unspecified atom stereocenters. The Morgan fingerprint density at radius 1 is 0.951 bits per heavy atom. The highest BCUT2D eigenvalue weighted by atomic mass is 19.4. The third kappa shape index (κ3) is 6.55. The summed E-state index contributed by atoms with van der Waals surface area (Å²) < 4.78 is 42.5. The summed E-state index contributed by atoms with van der Waals surface area (Å²) in [6.07, 6.45) is -0.305. The molecule has 9 heteroatoms. The zero-order valence-electron chi connectivity index (χ0n) is 24.5. The van der Waals surface area contributed by atoms with Crippen molar-refractivity contribution in [2.45, 2.75) is 64.1 Å². The molecule has 0 saturated carbocycles. The van der Waals surface area contributed by atoms with Crippen LogP contribution in [0.25, 0.3) is 0 Å². The van der Waals surface area contributed by atoms with Crippen molar-refractivity contribution < 1.29 is 27.9 Å². The molecule has 2 amide bonds. The summed E-state index contributed by atoms with van der Waals surface area (Å²) in [7, 11) is 3.49. The van der Waals surface area contributed by atoms with Gasteiger partial charge in [-0.25, -0.2) is 0 Å². The van der Waals surface area contributed by atoms with E-state index in [0.29, 0.717) is 42.2 Å². The van der Waals surface area contributed by atoms with Crippen LogP contribution in [0.3, 0.4) is 0 Å². The molecular weight excluding hydrogens is 531 g/mol. The van der Waals surface area contributed by atoms with Crippen LogP contribution in [0.4, 0.5) is 18.9 Å². The molecule has 4 rings (SSSR count). The van der Waals surface area contributed by atoms with E-state index in [1.807, 2.05) is 26.0 Å². The van der Waals surface area contributed by atoms with E-state index < -0.39 is 23.2 Å². The summed E-state index contributed by atoms with van der Waals surface area (Å²) >= 11 is 0. The largest absolute Gasteiger partial charge is 0.430 e. The average molecular weight is 574 g/mol. The normalized spacial score (nSPS) is 18.7. The number of aliphatic hydroxyl groups is 1. The van der Waals surface area contributed by atoms with Crippen LogP contribution < -0.4 is 4.90 Å². The van der Waals surface area contributed by atoms with Gasteiger partial charge in [-0.2, -0.15) is 13.2 Å². The fourth-order valence-electron chi connectivity index (χ4n) is 6.25. The van der Waals surface area contributed by atoms with E-state index in [0.717, 1.165) is 43.6 Å². The van der Waals surface area contributed by atoms with Crippen molar-refractivity contribution in [2.24, 2.45) is 11.8 Å². The van der Waals surface area contributed by atoms with Gasteiger partial charge in [-0.05, 0) is 86.6 Å². The molecule has 2 aliphatic heterocycles. The average Bonchev–Trinajstić information content (AvgIpc) is 2.96. The van der Waals surface area contributed by atoms with Crippen LogP contribution in [0, 0.1) is 18.8 Å². The minimum Gasteiger partial charge on any atom is -0.372 e. The number of nitrogens with zero attached hydrogens (tertiary/aromatic N) is 3.